The Morgan fingerprint density at radius 1 is 1.36 bits per heavy atom. The van der Waals surface area contributed by atoms with Gasteiger partial charge in [-0.05, 0) is 12.1 Å². The Balaban J connectivity index is 2.78. The van der Waals surface area contributed by atoms with Crippen molar-refractivity contribution in [2.24, 2.45) is 11.5 Å². The van der Waals surface area contributed by atoms with Crippen molar-refractivity contribution in [3.05, 3.63) is 36.0 Å². The van der Waals surface area contributed by atoms with Gasteiger partial charge in [-0.15, -0.1) is 0 Å². The summed E-state index contributed by atoms with van der Waals surface area (Å²) in [5, 5.41) is 0.978. The van der Waals surface area contributed by atoms with Crippen LogP contribution >= 0.6 is 0 Å². The fourth-order valence-electron chi connectivity index (χ4n) is 1.61. The first-order chi connectivity index (χ1) is 6.74. The van der Waals surface area contributed by atoms with Gasteiger partial charge >= 0.3 is 0 Å². The molecule has 4 heteroatoms. The maximum atomic E-state index is 11.1. The number of hydrogen-bond donors (Lipinski definition) is 2. The molecule has 2 aromatic rings. The van der Waals surface area contributed by atoms with E-state index in [1.54, 1.807) is 10.6 Å². The number of amides is 1. The molecule has 4 nitrogen and oxygen atoms in total. The van der Waals surface area contributed by atoms with E-state index in [2.05, 4.69) is 0 Å². The Kier molecular flexibility index (Phi) is 1.98. The Morgan fingerprint density at radius 3 is 2.71 bits per heavy atom. The molecular formula is C10H11N3O. The summed E-state index contributed by atoms with van der Waals surface area (Å²) >= 11 is 0. The van der Waals surface area contributed by atoms with Crippen molar-refractivity contribution in [3.8, 4) is 0 Å². The number of nitrogens with zero attached hydrogens (tertiary/aromatic N) is 1. The zero-order valence-electron chi connectivity index (χ0n) is 7.60. The molecule has 72 valence electrons. The minimum absolute atomic E-state index is 0.256. The van der Waals surface area contributed by atoms with Crippen molar-refractivity contribution >= 4 is 16.8 Å². The minimum atomic E-state index is -0.452. The molecule has 0 bridgehead atoms. The number of nitrogens with two attached hydrogens (primary N) is 2. The Labute approximate surface area is 81.1 Å². The number of benzene rings is 1. The number of fused-ring (bicyclic) bond motifs is 1. The molecule has 0 aliphatic carbocycles. The summed E-state index contributed by atoms with van der Waals surface area (Å²) in [5.74, 6) is -0.452. The molecule has 0 saturated heterocycles. The van der Waals surface area contributed by atoms with Gasteiger partial charge in [0.25, 0.3) is 5.91 Å². The predicted molar refractivity (Wildman–Crippen MR) is 54.6 cm³/mol. The van der Waals surface area contributed by atoms with Crippen LogP contribution in [0.25, 0.3) is 10.9 Å². The van der Waals surface area contributed by atoms with Crippen LogP contribution in [0.1, 0.15) is 10.5 Å². The summed E-state index contributed by atoms with van der Waals surface area (Å²) in [7, 11) is 0. The molecule has 0 atom stereocenters. The van der Waals surface area contributed by atoms with E-state index in [4.69, 9.17) is 11.5 Å². The fraction of sp³-hybridized carbons (Fsp3) is 0.100. The molecule has 4 N–H and O–H groups in total. The minimum Gasteiger partial charge on any atom is -0.364 e. The van der Waals surface area contributed by atoms with E-state index in [-0.39, 0.29) is 6.67 Å². The van der Waals surface area contributed by atoms with Gasteiger partial charge in [-0.2, -0.15) is 0 Å². The highest BCUT2D eigenvalue weighted by molar-refractivity contribution is 5.97. The third-order valence-electron chi connectivity index (χ3n) is 2.25. The van der Waals surface area contributed by atoms with Gasteiger partial charge in [0.15, 0.2) is 0 Å². The average molecular weight is 189 g/mol. The maximum absolute atomic E-state index is 11.1. The SMILES string of the molecule is NCn1c(C(N)=O)cc2ccccc21. The van der Waals surface area contributed by atoms with E-state index in [0.29, 0.717) is 5.69 Å². The highest BCUT2D eigenvalue weighted by Gasteiger charge is 2.10. The summed E-state index contributed by atoms with van der Waals surface area (Å²) in [6, 6.07) is 9.40. The van der Waals surface area contributed by atoms with E-state index in [1.165, 1.54) is 0 Å². The summed E-state index contributed by atoms with van der Waals surface area (Å²) in [6.45, 7) is 0.256. The highest BCUT2D eigenvalue weighted by Crippen LogP contribution is 2.18. The van der Waals surface area contributed by atoms with Gasteiger partial charge in [0.2, 0.25) is 0 Å². The van der Waals surface area contributed by atoms with Crippen LogP contribution in [0.15, 0.2) is 30.3 Å². The van der Waals surface area contributed by atoms with Crippen molar-refractivity contribution in [3.63, 3.8) is 0 Å². The number of hydrogen-bond acceptors (Lipinski definition) is 2. The van der Waals surface area contributed by atoms with Crippen LogP contribution in [0.3, 0.4) is 0 Å². The number of aromatic nitrogens is 1. The van der Waals surface area contributed by atoms with Crippen LogP contribution in [0.5, 0.6) is 0 Å². The summed E-state index contributed by atoms with van der Waals surface area (Å²) in [4.78, 5) is 11.1. The highest BCUT2D eigenvalue weighted by atomic mass is 16.1. The molecule has 1 aromatic heterocycles. The van der Waals surface area contributed by atoms with Crippen molar-refractivity contribution in [1.29, 1.82) is 0 Å². The van der Waals surface area contributed by atoms with Crippen molar-refractivity contribution < 1.29 is 4.79 Å². The topological polar surface area (TPSA) is 74.0 Å². The molecule has 1 aromatic carbocycles. The van der Waals surface area contributed by atoms with Gasteiger partial charge in [0.05, 0.1) is 6.67 Å². The average Bonchev–Trinajstić information content (AvgIpc) is 2.56. The molecule has 14 heavy (non-hydrogen) atoms. The molecule has 2 rings (SSSR count). The predicted octanol–water partition coefficient (Wildman–Crippen LogP) is 0.656. The monoisotopic (exact) mass is 189 g/mol. The lowest BCUT2D eigenvalue weighted by atomic mass is 10.2. The second-order valence-corrected chi connectivity index (χ2v) is 3.06. The molecule has 0 saturated carbocycles. The number of carbonyl (C=O) groups is 1. The number of rotatable bonds is 2. The Bertz CT molecular complexity index is 487. The van der Waals surface area contributed by atoms with E-state index in [9.17, 15) is 4.79 Å². The lowest BCUT2D eigenvalue weighted by Gasteiger charge is -2.03. The number of carbonyl (C=O) groups excluding carboxylic acids is 1. The maximum Gasteiger partial charge on any atom is 0.265 e. The quantitative estimate of drug-likeness (QED) is 0.728. The fourth-order valence-corrected chi connectivity index (χ4v) is 1.61. The Morgan fingerprint density at radius 2 is 2.07 bits per heavy atom. The first-order valence-electron chi connectivity index (χ1n) is 4.32. The van der Waals surface area contributed by atoms with Crippen LogP contribution < -0.4 is 11.5 Å². The molecular weight excluding hydrogens is 178 g/mol. The van der Waals surface area contributed by atoms with Crippen LogP contribution in [0.2, 0.25) is 0 Å². The van der Waals surface area contributed by atoms with Crippen molar-refractivity contribution in [2.45, 2.75) is 6.67 Å². The first-order valence-corrected chi connectivity index (χ1v) is 4.32. The molecule has 1 amide bonds. The van der Waals surface area contributed by atoms with Gasteiger partial charge < -0.3 is 16.0 Å². The van der Waals surface area contributed by atoms with Crippen LogP contribution in [0, 0.1) is 0 Å². The lowest BCUT2D eigenvalue weighted by Crippen LogP contribution is -2.19. The van der Waals surface area contributed by atoms with Crippen LogP contribution in [-0.2, 0) is 6.67 Å². The van der Waals surface area contributed by atoms with E-state index < -0.39 is 5.91 Å². The normalized spacial score (nSPS) is 10.6. The van der Waals surface area contributed by atoms with E-state index in [1.807, 2.05) is 24.3 Å². The zero-order valence-corrected chi connectivity index (χ0v) is 7.60. The van der Waals surface area contributed by atoms with Crippen molar-refractivity contribution in [1.82, 2.24) is 4.57 Å². The molecule has 0 aliphatic heterocycles. The first kappa shape index (κ1) is 8.77. The third-order valence-corrected chi connectivity index (χ3v) is 2.25. The molecule has 0 spiro atoms. The van der Waals surface area contributed by atoms with Crippen LogP contribution in [-0.4, -0.2) is 10.5 Å². The zero-order chi connectivity index (χ0) is 10.1. The molecule has 1 heterocycles. The smallest absolute Gasteiger partial charge is 0.265 e. The van der Waals surface area contributed by atoms with Gasteiger partial charge in [-0.3, -0.25) is 4.79 Å². The van der Waals surface area contributed by atoms with E-state index in [0.717, 1.165) is 10.9 Å². The van der Waals surface area contributed by atoms with Gasteiger partial charge in [-0.1, -0.05) is 18.2 Å². The summed E-state index contributed by atoms with van der Waals surface area (Å²) in [5.41, 5.74) is 12.2. The van der Waals surface area contributed by atoms with Gasteiger partial charge in [-0.25, -0.2) is 0 Å². The molecule has 0 aliphatic rings. The van der Waals surface area contributed by atoms with Gasteiger partial charge in [0.1, 0.15) is 5.69 Å². The Hall–Kier alpha value is -1.81. The summed E-state index contributed by atoms with van der Waals surface area (Å²) in [6.07, 6.45) is 0. The second-order valence-electron chi connectivity index (χ2n) is 3.06. The largest absolute Gasteiger partial charge is 0.364 e. The van der Waals surface area contributed by atoms with Gasteiger partial charge in [0, 0.05) is 10.9 Å². The third kappa shape index (κ3) is 1.16. The molecule has 0 radical (unpaired) electrons. The lowest BCUT2D eigenvalue weighted by molar-refractivity contribution is 0.0992. The molecule has 0 fully saturated rings. The number of para-hydroxylation sites is 1. The van der Waals surface area contributed by atoms with E-state index >= 15 is 0 Å². The second kappa shape index (κ2) is 3.16. The standard InChI is InChI=1S/C10H11N3O/c11-6-13-8-4-2-1-3-7(8)5-9(13)10(12)14/h1-5H,6,11H2,(H2,12,14). The van der Waals surface area contributed by atoms with Crippen molar-refractivity contribution in [2.75, 3.05) is 0 Å². The van der Waals surface area contributed by atoms with Crippen LogP contribution in [0.4, 0.5) is 0 Å². The molecule has 0 unspecified atom stereocenters. The summed E-state index contributed by atoms with van der Waals surface area (Å²) < 4.78 is 1.71. The number of primary amides is 1.